The average Bonchev–Trinajstić information content (AvgIpc) is 3.26. The zero-order valence-corrected chi connectivity index (χ0v) is 17.2. The number of fused-ring (bicyclic) bond motifs is 2. The summed E-state index contributed by atoms with van der Waals surface area (Å²) < 4.78 is 0. The van der Waals surface area contributed by atoms with Crippen LogP contribution in [0.5, 0.6) is 0 Å². The molecule has 0 heterocycles. The topological polar surface area (TPSA) is 149 Å². The molecule has 2 aliphatic carbocycles. The minimum atomic E-state index is -0.814. The van der Waals surface area contributed by atoms with E-state index in [1.807, 2.05) is 0 Å². The number of rotatable bonds is 11. The lowest BCUT2D eigenvalue weighted by Gasteiger charge is -2.25. The van der Waals surface area contributed by atoms with Gasteiger partial charge in [0.05, 0.1) is 0 Å². The van der Waals surface area contributed by atoms with Crippen molar-refractivity contribution in [3.63, 3.8) is 0 Å². The number of nitro groups is 1. The van der Waals surface area contributed by atoms with Crippen LogP contribution in [0.1, 0.15) is 58.8 Å². The molecule has 2 rings (SSSR count). The molecule has 163 valence electrons. The molecule has 2 fully saturated rings. The number of hydrazine groups is 1. The minimum absolute atomic E-state index is 0.000659. The molecule has 2 aliphatic rings. The number of carbonyl (C=O) groups excluding carboxylic acids is 2. The number of hydrogen-bond acceptors (Lipinski definition) is 5. The van der Waals surface area contributed by atoms with Crippen LogP contribution in [0.2, 0.25) is 0 Å². The average molecular weight is 410 g/mol. The molecule has 10 heteroatoms. The van der Waals surface area contributed by atoms with Gasteiger partial charge < -0.3 is 16.0 Å². The second-order valence-electron chi connectivity index (χ2n) is 8.50. The summed E-state index contributed by atoms with van der Waals surface area (Å²) in [7, 11) is 0. The van der Waals surface area contributed by atoms with E-state index in [-0.39, 0.29) is 24.3 Å². The molecule has 29 heavy (non-hydrogen) atoms. The number of nitrogens with one attached hydrogen (secondary N) is 5. The van der Waals surface area contributed by atoms with Crippen molar-refractivity contribution in [2.75, 3.05) is 6.54 Å². The zero-order valence-electron chi connectivity index (χ0n) is 17.2. The molecule has 1 radical (unpaired) electrons. The monoisotopic (exact) mass is 409 g/mol. The molecule has 0 saturated heterocycles. The van der Waals surface area contributed by atoms with E-state index in [9.17, 15) is 19.7 Å². The van der Waals surface area contributed by atoms with Crippen molar-refractivity contribution in [2.24, 2.45) is 23.7 Å². The van der Waals surface area contributed by atoms with E-state index in [4.69, 9.17) is 5.41 Å². The van der Waals surface area contributed by atoms with E-state index in [0.717, 1.165) is 25.7 Å². The van der Waals surface area contributed by atoms with Crippen molar-refractivity contribution in [1.82, 2.24) is 21.4 Å². The van der Waals surface area contributed by atoms with Gasteiger partial charge in [0.1, 0.15) is 6.04 Å². The lowest BCUT2D eigenvalue weighted by Crippen LogP contribution is -2.49. The normalized spacial score (nSPS) is 23.5. The molecular weight excluding hydrogens is 376 g/mol. The van der Waals surface area contributed by atoms with Crippen LogP contribution in [0.4, 0.5) is 0 Å². The lowest BCUT2D eigenvalue weighted by atomic mass is 9.88. The van der Waals surface area contributed by atoms with Gasteiger partial charge in [0.15, 0.2) is 5.03 Å². The smallest absolute Gasteiger partial charge is 0.251 e. The molecule has 0 spiro atoms. The molecule has 2 bridgehead atoms. The first-order valence-electron chi connectivity index (χ1n) is 10.4. The largest absolute Gasteiger partial charge is 0.352 e. The predicted molar refractivity (Wildman–Crippen MR) is 108 cm³/mol. The van der Waals surface area contributed by atoms with E-state index >= 15 is 0 Å². The van der Waals surface area contributed by atoms with Crippen LogP contribution < -0.4 is 21.4 Å². The molecule has 4 atom stereocenters. The van der Waals surface area contributed by atoms with Gasteiger partial charge in [-0.3, -0.25) is 15.0 Å². The Kier molecular flexibility index (Phi) is 8.66. The second-order valence-corrected chi connectivity index (χ2v) is 8.50. The minimum Gasteiger partial charge on any atom is -0.352 e. The number of guanidine groups is 1. The highest BCUT2D eigenvalue weighted by molar-refractivity contribution is 5.89. The Morgan fingerprint density at radius 2 is 2.03 bits per heavy atom. The van der Waals surface area contributed by atoms with Gasteiger partial charge in [0.25, 0.3) is 5.96 Å². The Hall–Kier alpha value is -2.39. The molecule has 2 amide bonds. The Labute approximate surface area is 171 Å². The van der Waals surface area contributed by atoms with Crippen LogP contribution in [0.25, 0.3) is 0 Å². The van der Waals surface area contributed by atoms with Gasteiger partial charge in [-0.15, -0.1) is 0 Å². The molecule has 0 aromatic rings. The summed E-state index contributed by atoms with van der Waals surface area (Å²) in [5, 5.41) is 25.1. The Bertz CT molecular complexity index is 612. The van der Waals surface area contributed by atoms with E-state index in [1.54, 1.807) is 12.0 Å². The Morgan fingerprint density at radius 3 is 2.62 bits per heavy atom. The van der Waals surface area contributed by atoms with Crippen molar-refractivity contribution in [3.05, 3.63) is 16.7 Å². The van der Waals surface area contributed by atoms with E-state index in [2.05, 4.69) is 29.8 Å². The van der Waals surface area contributed by atoms with Crippen LogP contribution in [0, 0.1) is 45.7 Å². The first kappa shape index (κ1) is 22.9. The quantitative estimate of drug-likeness (QED) is 0.114. The Balaban J connectivity index is 1.83. The molecule has 0 aromatic carbocycles. The van der Waals surface area contributed by atoms with Crippen LogP contribution in [-0.2, 0) is 9.59 Å². The van der Waals surface area contributed by atoms with Gasteiger partial charge in [-0.2, -0.15) is 0 Å². The number of hydrogen-bond donors (Lipinski definition) is 5. The second kappa shape index (κ2) is 11.0. The van der Waals surface area contributed by atoms with Crippen molar-refractivity contribution >= 4 is 17.8 Å². The summed E-state index contributed by atoms with van der Waals surface area (Å²) in [5.74, 6) is 0.795. The fraction of sp³-hybridized carbons (Fsp3) is 0.789. The summed E-state index contributed by atoms with van der Waals surface area (Å²) >= 11 is 0. The van der Waals surface area contributed by atoms with Gasteiger partial charge in [0, 0.05) is 19.0 Å². The summed E-state index contributed by atoms with van der Waals surface area (Å²) in [6, 6.07) is -0.663. The van der Waals surface area contributed by atoms with Gasteiger partial charge in [-0.05, 0) is 56.3 Å². The fourth-order valence-corrected chi connectivity index (χ4v) is 4.26. The SMILES string of the molecule is CC(C)C[CH]NC(=O)[C@H](CCCNC(=N)N[N+](=O)[O-])NC(=O)C1CC2CC[C@@H]1C2. The maximum atomic E-state index is 12.8. The van der Waals surface area contributed by atoms with Crippen molar-refractivity contribution in [1.29, 1.82) is 5.41 Å². The standard InChI is InChI=1S/C19H33N6O4/c1-12(2)7-9-21-18(27)16(4-3-8-22-19(20)24-25(28)29)23-17(26)15-11-13-5-6-14(15)10-13/h9,12-16H,3-8,10-11H2,1-2H3,(H,21,27)(H,23,26)(H3,20,22,24)/t13?,14-,15?,16+/m1/s1. The highest BCUT2D eigenvalue weighted by Crippen LogP contribution is 2.48. The lowest BCUT2D eigenvalue weighted by molar-refractivity contribution is -0.525. The number of carbonyl (C=O) groups is 2. The highest BCUT2D eigenvalue weighted by Gasteiger charge is 2.43. The van der Waals surface area contributed by atoms with E-state index in [0.29, 0.717) is 30.6 Å². The van der Waals surface area contributed by atoms with Gasteiger partial charge in [-0.1, -0.05) is 25.7 Å². The van der Waals surface area contributed by atoms with Gasteiger partial charge in [0.2, 0.25) is 11.8 Å². The molecule has 10 nitrogen and oxygen atoms in total. The van der Waals surface area contributed by atoms with Crippen LogP contribution in [0.15, 0.2) is 0 Å². The van der Waals surface area contributed by atoms with Crippen molar-refractivity contribution < 1.29 is 14.6 Å². The molecule has 0 aliphatic heterocycles. The van der Waals surface area contributed by atoms with Crippen LogP contribution in [0.3, 0.4) is 0 Å². The van der Waals surface area contributed by atoms with Gasteiger partial charge in [-0.25, -0.2) is 10.1 Å². The summed E-state index contributed by atoms with van der Waals surface area (Å²) in [6.07, 6.45) is 5.93. The molecule has 5 N–H and O–H groups in total. The number of nitrogens with zero attached hydrogens (tertiary/aromatic N) is 1. The highest BCUT2D eigenvalue weighted by atomic mass is 16.7. The summed E-state index contributed by atoms with van der Waals surface area (Å²) in [4.78, 5) is 35.6. The van der Waals surface area contributed by atoms with Gasteiger partial charge >= 0.3 is 0 Å². The van der Waals surface area contributed by atoms with E-state index in [1.165, 1.54) is 6.42 Å². The molecular formula is C19H33N6O4. The Morgan fingerprint density at radius 1 is 1.28 bits per heavy atom. The third kappa shape index (κ3) is 7.51. The zero-order chi connectivity index (χ0) is 21.4. The summed E-state index contributed by atoms with van der Waals surface area (Å²) in [6.45, 7) is 6.11. The van der Waals surface area contributed by atoms with Crippen LogP contribution in [-0.4, -0.2) is 35.4 Å². The maximum Gasteiger partial charge on any atom is 0.251 e. The molecule has 2 saturated carbocycles. The predicted octanol–water partition coefficient (Wildman–Crippen LogP) is 1.32. The van der Waals surface area contributed by atoms with Crippen LogP contribution >= 0.6 is 0 Å². The van der Waals surface area contributed by atoms with E-state index < -0.39 is 17.0 Å². The van der Waals surface area contributed by atoms with Crippen molar-refractivity contribution in [2.45, 2.75) is 64.8 Å². The third-order valence-corrected chi connectivity index (χ3v) is 5.72. The fourth-order valence-electron chi connectivity index (χ4n) is 4.26. The summed E-state index contributed by atoms with van der Waals surface area (Å²) in [5.41, 5.74) is 1.72. The maximum absolute atomic E-state index is 12.8. The molecule has 2 unspecified atom stereocenters. The number of amides is 2. The first-order valence-corrected chi connectivity index (χ1v) is 10.4. The molecule has 0 aromatic heterocycles. The third-order valence-electron chi connectivity index (χ3n) is 5.72. The first-order chi connectivity index (χ1) is 13.8. The van der Waals surface area contributed by atoms with Crippen molar-refractivity contribution in [3.8, 4) is 0 Å².